The number of benzene rings is 2. The number of halogens is 1. The molecule has 3 rings (SSSR count). The van der Waals surface area contributed by atoms with Crippen LogP contribution in [0.5, 0.6) is 5.75 Å². The average Bonchev–Trinajstić information content (AvgIpc) is 3.14. The summed E-state index contributed by atoms with van der Waals surface area (Å²) in [6.45, 7) is 5.70. The van der Waals surface area contributed by atoms with E-state index in [0.717, 1.165) is 11.1 Å². The van der Waals surface area contributed by atoms with E-state index >= 15 is 0 Å². The quantitative estimate of drug-likeness (QED) is 0.561. The average molecular weight is 384 g/mol. The third-order valence-corrected chi connectivity index (χ3v) is 4.06. The molecule has 0 aliphatic rings. The van der Waals surface area contributed by atoms with Crippen molar-refractivity contribution in [3.8, 4) is 17.1 Å². The Bertz CT molecular complexity index is 951. The Morgan fingerprint density at radius 3 is 2.64 bits per heavy atom. The molecule has 1 aromatic heterocycles. The van der Waals surface area contributed by atoms with Gasteiger partial charge in [0.25, 0.3) is 5.89 Å². The van der Waals surface area contributed by atoms with Crippen molar-refractivity contribution >= 4 is 5.97 Å². The highest BCUT2D eigenvalue weighted by atomic mass is 19.1. The third kappa shape index (κ3) is 4.94. The Morgan fingerprint density at radius 1 is 1.18 bits per heavy atom. The van der Waals surface area contributed by atoms with Crippen molar-refractivity contribution in [3.05, 3.63) is 65.3 Å². The fourth-order valence-electron chi connectivity index (χ4n) is 2.59. The molecule has 0 radical (unpaired) electrons. The zero-order chi connectivity index (χ0) is 20.1. The van der Waals surface area contributed by atoms with Crippen LogP contribution >= 0.6 is 0 Å². The molecule has 0 fully saturated rings. The van der Waals surface area contributed by atoms with E-state index in [1.807, 2.05) is 25.1 Å². The zero-order valence-electron chi connectivity index (χ0n) is 15.9. The van der Waals surface area contributed by atoms with Crippen LogP contribution in [0, 0.1) is 12.7 Å². The van der Waals surface area contributed by atoms with E-state index in [2.05, 4.69) is 24.0 Å². The van der Waals surface area contributed by atoms with Gasteiger partial charge in [0.05, 0.1) is 0 Å². The van der Waals surface area contributed by atoms with Gasteiger partial charge in [0.1, 0.15) is 11.6 Å². The van der Waals surface area contributed by atoms with E-state index in [1.165, 1.54) is 24.3 Å². The van der Waals surface area contributed by atoms with Gasteiger partial charge in [0.15, 0.2) is 13.2 Å². The normalized spacial score (nSPS) is 10.9. The van der Waals surface area contributed by atoms with Crippen molar-refractivity contribution in [2.24, 2.45) is 0 Å². The van der Waals surface area contributed by atoms with Crippen LogP contribution in [0.2, 0.25) is 0 Å². The van der Waals surface area contributed by atoms with Crippen molar-refractivity contribution in [2.45, 2.75) is 33.3 Å². The molecule has 3 aromatic rings. The Kier molecular flexibility index (Phi) is 6.03. The Balaban J connectivity index is 1.54. The van der Waals surface area contributed by atoms with Gasteiger partial charge in [-0.25, -0.2) is 9.18 Å². The second kappa shape index (κ2) is 8.65. The first-order valence-corrected chi connectivity index (χ1v) is 8.90. The minimum Gasteiger partial charge on any atom is -0.482 e. The van der Waals surface area contributed by atoms with Crippen molar-refractivity contribution in [2.75, 3.05) is 6.61 Å². The first-order chi connectivity index (χ1) is 13.4. The summed E-state index contributed by atoms with van der Waals surface area (Å²) in [6, 6.07) is 11.6. The minimum atomic E-state index is -0.544. The topological polar surface area (TPSA) is 74.5 Å². The Hall–Kier alpha value is -3.22. The van der Waals surface area contributed by atoms with E-state index in [0.29, 0.717) is 17.1 Å². The summed E-state index contributed by atoms with van der Waals surface area (Å²) in [7, 11) is 0. The predicted molar refractivity (Wildman–Crippen MR) is 100 cm³/mol. The molecule has 0 saturated heterocycles. The number of carbonyl (C=O) groups is 1. The molecule has 6 nitrogen and oxygen atoms in total. The van der Waals surface area contributed by atoms with Crippen molar-refractivity contribution < 1.29 is 23.2 Å². The van der Waals surface area contributed by atoms with E-state index in [4.69, 9.17) is 14.0 Å². The van der Waals surface area contributed by atoms with Crippen LogP contribution in [0.15, 0.2) is 47.0 Å². The van der Waals surface area contributed by atoms with E-state index in [1.54, 1.807) is 0 Å². The second-order valence-electron chi connectivity index (χ2n) is 6.66. The molecule has 28 heavy (non-hydrogen) atoms. The van der Waals surface area contributed by atoms with Gasteiger partial charge in [0, 0.05) is 5.56 Å². The lowest BCUT2D eigenvalue weighted by Gasteiger charge is -2.14. The van der Waals surface area contributed by atoms with Crippen LogP contribution < -0.4 is 4.74 Å². The SMILES string of the molecule is Cc1ccc(C(C)C)c(OCC(=O)OCc2nc(-c3ccc(F)cc3)no2)c1. The van der Waals surface area contributed by atoms with Gasteiger partial charge in [-0.1, -0.05) is 31.1 Å². The molecule has 7 heteroatoms. The van der Waals surface area contributed by atoms with Gasteiger partial charge < -0.3 is 14.0 Å². The van der Waals surface area contributed by atoms with Crippen LogP contribution in [0.25, 0.3) is 11.4 Å². The molecule has 146 valence electrons. The molecule has 0 N–H and O–H groups in total. The molecule has 0 aliphatic carbocycles. The maximum absolute atomic E-state index is 13.0. The summed E-state index contributed by atoms with van der Waals surface area (Å²) in [4.78, 5) is 16.1. The molecular weight excluding hydrogens is 363 g/mol. The second-order valence-corrected chi connectivity index (χ2v) is 6.66. The van der Waals surface area contributed by atoms with E-state index in [9.17, 15) is 9.18 Å². The molecule has 2 aromatic carbocycles. The molecule has 0 unspecified atom stereocenters. The van der Waals surface area contributed by atoms with Gasteiger partial charge in [-0.15, -0.1) is 0 Å². The van der Waals surface area contributed by atoms with Crippen molar-refractivity contribution in [3.63, 3.8) is 0 Å². The number of nitrogens with zero attached hydrogens (tertiary/aromatic N) is 2. The standard InChI is InChI=1S/C21H21FN2O4/c1-13(2)17-9-4-14(3)10-18(17)26-12-20(25)27-11-19-23-21(24-28-19)15-5-7-16(22)8-6-15/h4-10,13H,11-12H2,1-3H3. The molecule has 0 bridgehead atoms. The summed E-state index contributed by atoms with van der Waals surface area (Å²) in [5.74, 6) is 0.487. The van der Waals surface area contributed by atoms with Crippen molar-refractivity contribution in [1.29, 1.82) is 0 Å². The van der Waals surface area contributed by atoms with Gasteiger partial charge >= 0.3 is 5.97 Å². The molecular formula is C21H21FN2O4. The number of ether oxygens (including phenoxy) is 2. The van der Waals surface area contributed by atoms with E-state index in [-0.39, 0.29) is 30.8 Å². The van der Waals surface area contributed by atoms with Crippen molar-refractivity contribution in [1.82, 2.24) is 10.1 Å². The molecule has 0 aliphatic heterocycles. The number of rotatable bonds is 7. The molecule has 1 heterocycles. The first-order valence-electron chi connectivity index (χ1n) is 8.90. The monoisotopic (exact) mass is 384 g/mol. The van der Waals surface area contributed by atoms with Crippen LogP contribution in [0.3, 0.4) is 0 Å². The Morgan fingerprint density at radius 2 is 1.93 bits per heavy atom. The van der Waals surface area contributed by atoms with Crippen LogP contribution in [-0.2, 0) is 16.1 Å². The van der Waals surface area contributed by atoms with Gasteiger partial charge in [-0.2, -0.15) is 4.98 Å². The lowest BCUT2D eigenvalue weighted by Crippen LogP contribution is -2.15. The van der Waals surface area contributed by atoms with Crippen LogP contribution in [0.4, 0.5) is 4.39 Å². The Labute approximate surface area is 162 Å². The zero-order valence-corrected chi connectivity index (χ0v) is 15.9. The van der Waals surface area contributed by atoms with E-state index < -0.39 is 5.97 Å². The lowest BCUT2D eigenvalue weighted by atomic mass is 10.0. The highest BCUT2D eigenvalue weighted by Crippen LogP contribution is 2.27. The maximum atomic E-state index is 13.0. The fraction of sp³-hybridized carbons (Fsp3) is 0.286. The molecule has 0 atom stereocenters. The summed E-state index contributed by atoms with van der Waals surface area (Å²) in [6.07, 6.45) is 0. The largest absolute Gasteiger partial charge is 0.482 e. The van der Waals surface area contributed by atoms with Gasteiger partial charge in [-0.05, 0) is 54.3 Å². The summed E-state index contributed by atoms with van der Waals surface area (Å²) < 4.78 is 28.8. The summed E-state index contributed by atoms with van der Waals surface area (Å²) in [5, 5.41) is 3.80. The predicted octanol–water partition coefficient (Wildman–Crippen LogP) is 4.43. The highest BCUT2D eigenvalue weighted by molar-refractivity contribution is 5.71. The first kappa shape index (κ1) is 19.5. The molecule has 0 saturated carbocycles. The van der Waals surface area contributed by atoms with Crippen LogP contribution in [-0.4, -0.2) is 22.7 Å². The number of hydrogen-bond acceptors (Lipinski definition) is 6. The minimum absolute atomic E-state index is 0.145. The number of hydrogen-bond donors (Lipinski definition) is 0. The number of aryl methyl sites for hydroxylation is 1. The van der Waals surface area contributed by atoms with Gasteiger partial charge in [-0.3, -0.25) is 0 Å². The number of aromatic nitrogens is 2. The lowest BCUT2D eigenvalue weighted by molar-refractivity contribution is -0.148. The number of carbonyl (C=O) groups excluding carboxylic acids is 1. The molecule has 0 amide bonds. The summed E-state index contributed by atoms with van der Waals surface area (Å²) in [5.41, 5.74) is 2.68. The van der Waals surface area contributed by atoms with Gasteiger partial charge in [0.2, 0.25) is 5.82 Å². The number of esters is 1. The third-order valence-electron chi connectivity index (χ3n) is 4.06. The highest BCUT2D eigenvalue weighted by Gasteiger charge is 2.14. The smallest absolute Gasteiger partial charge is 0.344 e. The fourth-order valence-corrected chi connectivity index (χ4v) is 2.59. The maximum Gasteiger partial charge on any atom is 0.344 e. The summed E-state index contributed by atoms with van der Waals surface area (Å²) >= 11 is 0. The van der Waals surface area contributed by atoms with Crippen LogP contribution in [0.1, 0.15) is 36.8 Å². The molecule has 0 spiro atoms.